The molecule has 0 bridgehead atoms. The van der Waals surface area contributed by atoms with Crippen LogP contribution in [-0.2, 0) is 0 Å². The van der Waals surface area contributed by atoms with Gasteiger partial charge in [-0.05, 0) is 68.4 Å². The average molecular weight is 683 g/mol. The first-order chi connectivity index (χ1) is 24.1. The third kappa shape index (κ3) is 23.4. The van der Waals surface area contributed by atoms with E-state index in [4.69, 9.17) is 0 Å². The van der Waals surface area contributed by atoms with Gasteiger partial charge in [-0.3, -0.25) is 4.48 Å². The fraction of sp³-hybridized carbons (Fsp3) is 0.875. The van der Waals surface area contributed by atoms with Gasteiger partial charge in [0.25, 0.3) is 0 Å². The van der Waals surface area contributed by atoms with Gasteiger partial charge in [0, 0.05) is 0 Å². The van der Waals surface area contributed by atoms with Crippen molar-refractivity contribution in [2.45, 2.75) is 234 Å². The van der Waals surface area contributed by atoms with E-state index in [-0.39, 0.29) is 0 Å². The maximum Gasteiger partial charge on any atom is 0.132 e. The van der Waals surface area contributed by atoms with Gasteiger partial charge in [-0.15, -0.1) is 0 Å². The van der Waals surface area contributed by atoms with Crippen molar-refractivity contribution < 1.29 is 0 Å². The summed E-state index contributed by atoms with van der Waals surface area (Å²) in [4.78, 5) is 0. The molecule has 0 saturated heterocycles. The number of para-hydroxylation sites is 1. The molecule has 0 aliphatic carbocycles. The second kappa shape index (κ2) is 33.0. The lowest BCUT2D eigenvalue weighted by Crippen LogP contribution is -2.51. The summed E-state index contributed by atoms with van der Waals surface area (Å²) < 4.78 is 1.25. The molecule has 0 aliphatic rings. The fourth-order valence-corrected chi connectivity index (χ4v) is 8.87. The van der Waals surface area contributed by atoms with Crippen molar-refractivity contribution in [2.75, 3.05) is 19.6 Å². The van der Waals surface area contributed by atoms with Crippen LogP contribution < -0.4 is 4.48 Å². The van der Waals surface area contributed by atoms with E-state index in [9.17, 15) is 0 Å². The zero-order valence-corrected chi connectivity index (χ0v) is 34.9. The van der Waals surface area contributed by atoms with Gasteiger partial charge in [-0.2, -0.15) is 0 Å². The third-order valence-corrected chi connectivity index (χ3v) is 12.2. The molecule has 3 unspecified atom stereocenters. The van der Waals surface area contributed by atoms with E-state index in [0.717, 1.165) is 17.8 Å². The highest BCUT2D eigenvalue weighted by atomic mass is 15.4. The Bertz CT molecular complexity index is 711. The molecule has 0 saturated carbocycles. The summed E-state index contributed by atoms with van der Waals surface area (Å²) in [6, 6.07) is 12.0. The first-order valence-corrected chi connectivity index (χ1v) is 23.0. The van der Waals surface area contributed by atoms with Crippen molar-refractivity contribution in [1.82, 2.24) is 4.48 Å². The topological polar surface area (TPSA) is 0 Å². The van der Waals surface area contributed by atoms with Crippen LogP contribution in [0.15, 0.2) is 30.3 Å². The van der Waals surface area contributed by atoms with Crippen LogP contribution >= 0.6 is 0 Å². The van der Waals surface area contributed by atoms with Crippen LogP contribution in [0.2, 0.25) is 0 Å². The largest absolute Gasteiger partial charge is 0.291 e. The molecule has 3 atom stereocenters. The van der Waals surface area contributed by atoms with Gasteiger partial charge in [0.1, 0.15) is 5.69 Å². The number of hydrogen-bond acceptors (Lipinski definition) is 0. The summed E-state index contributed by atoms with van der Waals surface area (Å²) >= 11 is 0. The van der Waals surface area contributed by atoms with Crippen molar-refractivity contribution in [3.63, 3.8) is 0 Å². The van der Waals surface area contributed by atoms with Gasteiger partial charge in [-0.1, -0.05) is 214 Å². The summed E-state index contributed by atoms with van der Waals surface area (Å²) in [6.07, 6.45) is 42.7. The SMILES string of the molecule is CCCCCCC(CCCC)CCC[N+](CCCC(CCCC)CCCCCC)(CCCC(CCCC)CCCCCC)c1ccccc1. The van der Waals surface area contributed by atoms with Gasteiger partial charge in [-0.25, -0.2) is 0 Å². The Morgan fingerprint density at radius 2 is 0.612 bits per heavy atom. The van der Waals surface area contributed by atoms with Gasteiger partial charge in [0.05, 0.1) is 19.6 Å². The van der Waals surface area contributed by atoms with Crippen LogP contribution in [0.3, 0.4) is 0 Å². The highest BCUT2D eigenvalue weighted by Crippen LogP contribution is 2.32. The van der Waals surface area contributed by atoms with Gasteiger partial charge in [0.2, 0.25) is 0 Å². The first-order valence-electron chi connectivity index (χ1n) is 23.0. The Labute approximate surface area is 311 Å². The highest BCUT2D eigenvalue weighted by molar-refractivity contribution is 5.42. The molecule has 288 valence electrons. The second-order valence-corrected chi connectivity index (χ2v) is 16.7. The van der Waals surface area contributed by atoms with Crippen LogP contribution in [0.1, 0.15) is 234 Å². The van der Waals surface area contributed by atoms with E-state index < -0.39 is 0 Å². The standard InChI is InChI=1S/C48H92N/c1-7-13-19-23-34-45(31-16-10-4)37-28-42-49(48-40-26-22-27-41-48,43-29-38-46(32-17-11-5)35-24-20-14-8-2)44-30-39-47(33-18-12-6)36-25-21-15-9-3/h22,26-27,40-41,45-47H,7-21,23-25,28-39,42-44H2,1-6H3/q+1. The summed E-state index contributed by atoms with van der Waals surface area (Å²) in [5, 5.41) is 0. The molecule has 0 heterocycles. The quantitative estimate of drug-likeness (QED) is 0.0484. The summed E-state index contributed by atoms with van der Waals surface area (Å²) in [6.45, 7) is 18.3. The van der Waals surface area contributed by atoms with E-state index in [2.05, 4.69) is 71.9 Å². The van der Waals surface area contributed by atoms with Crippen molar-refractivity contribution >= 4 is 5.69 Å². The van der Waals surface area contributed by atoms with E-state index in [1.54, 1.807) is 5.69 Å². The molecule has 0 N–H and O–H groups in total. The molecular weight excluding hydrogens is 591 g/mol. The van der Waals surface area contributed by atoms with Gasteiger partial charge in [0.15, 0.2) is 0 Å². The maximum absolute atomic E-state index is 2.51. The van der Waals surface area contributed by atoms with E-state index in [1.807, 2.05) is 0 Å². The minimum absolute atomic E-state index is 0.942. The van der Waals surface area contributed by atoms with Crippen molar-refractivity contribution in [2.24, 2.45) is 17.8 Å². The summed E-state index contributed by atoms with van der Waals surface area (Å²) in [5.41, 5.74) is 1.62. The monoisotopic (exact) mass is 683 g/mol. The third-order valence-electron chi connectivity index (χ3n) is 12.2. The molecule has 1 rings (SSSR count). The Kier molecular flexibility index (Phi) is 31.2. The number of rotatable bonds is 37. The molecule has 0 radical (unpaired) electrons. The minimum atomic E-state index is 0.942. The zero-order valence-electron chi connectivity index (χ0n) is 34.9. The highest BCUT2D eigenvalue weighted by Gasteiger charge is 2.30. The summed E-state index contributed by atoms with van der Waals surface area (Å²) in [7, 11) is 0. The van der Waals surface area contributed by atoms with Crippen molar-refractivity contribution in [3.05, 3.63) is 30.3 Å². The van der Waals surface area contributed by atoms with Crippen LogP contribution in [0.4, 0.5) is 5.69 Å². The molecule has 0 aliphatic heterocycles. The Balaban J connectivity index is 3.16. The van der Waals surface area contributed by atoms with Gasteiger partial charge >= 0.3 is 0 Å². The van der Waals surface area contributed by atoms with Gasteiger partial charge < -0.3 is 0 Å². The number of nitrogens with zero attached hydrogens (tertiary/aromatic N) is 1. The average Bonchev–Trinajstić information content (AvgIpc) is 3.13. The first kappa shape index (κ1) is 46.2. The molecule has 0 aromatic heterocycles. The molecule has 0 amide bonds. The maximum atomic E-state index is 2.51. The fourth-order valence-electron chi connectivity index (χ4n) is 8.87. The number of hydrogen-bond donors (Lipinski definition) is 0. The lowest BCUT2D eigenvalue weighted by atomic mass is 9.89. The normalized spacial score (nSPS) is 14.9. The van der Waals surface area contributed by atoms with E-state index >= 15 is 0 Å². The molecule has 1 nitrogen and oxygen atoms in total. The van der Waals surface area contributed by atoms with Crippen LogP contribution in [0, 0.1) is 17.8 Å². The van der Waals surface area contributed by atoms with Crippen LogP contribution in [0.25, 0.3) is 0 Å². The van der Waals surface area contributed by atoms with Crippen LogP contribution in [0.5, 0.6) is 0 Å². The molecule has 49 heavy (non-hydrogen) atoms. The second-order valence-electron chi connectivity index (χ2n) is 16.7. The predicted octanol–water partition coefficient (Wildman–Crippen LogP) is 16.7. The lowest BCUT2D eigenvalue weighted by molar-refractivity contribution is 0.228. The predicted molar refractivity (Wildman–Crippen MR) is 226 cm³/mol. The van der Waals surface area contributed by atoms with Crippen molar-refractivity contribution in [3.8, 4) is 0 Å². The Hall–Kier alpha value is -0.820. The lowest BCUT2D eigenvalue weighted by Gasteiger charge is -2.40. The number of quaternary nitrogens is 1. The Morgan fingerprint density at radius 1 is 0.327 bits per heavy atom. The molecule has 0 fully saturated rings. The molecule has 0 spiro atoms. The molecule has 1 heteroatoms. The zero-order chi connectivity index (χ0) is 35.7. The minimum Gasteiger partial charge on any atom is -0.291 e. The number of benzene rings is 1. The number of unbranched alkanes of at least 4 members (excludes halogenated alkanes) is 12. The summed E-state index contributed by atoms with van der Waals surface area (Å²) in [5.74, 6) is 2.83. The molecule has 1 aromatic rings. The van der Waals surface area contributed by atoms with Crippen LogP contribution in [-0.4, -0.2) is 19.6 Å². The van der Waals surface area contributed by atoms with Crippen molar-refractivity contribution in [1.29, 1.82) is 0 Å². The van der Waals surface area contributed by atoms with E-state index in [0.29, 0.717) is 0 Å². The Morgan fingerprint density at radius 3 is 0.918 bits per heavy atom. The molecular formula is C48H92N+. The van der Waals surface area contributed by atoms with E-state index in [1.165, 1.54) is 217 Å². The smallest absolute Gasteiger partial charge is 0.132 e. The molecule has 1 aromatic carbocycles.